The Kier molecular flexibility index (Phi) is 4.71. The lowest BCUT2D eigenvalue weighted by Crippen LogP contribution is -2.49. The fraction of sp³-hybridized carbons (Fsp3) is 0.650. The van der Waals surface area contributed by atoms with Crippen LogP contribution in [-0.2, 0) is 16.0 Å². The van der Waals surface area contributed by atoms with Crippen LogP contribution >= 0.6 is 0 Å². The molecule has 0 aromatic heterocycles. The maximum atomic E-state index is 12.4. The first-order chi connectivity index (χ1) is 11.4. The number of hydrogen-bond acceptors (Lipinski definition) is 4. The normalized spacial score (nSPS) is 35.8. The van der Waals surface area contributed by atoms with Gasteiger partial charge in [-0.25, -0.2) is 0 Å². The van der Waals surface area contributed by atoms with Crippen molar-refractivity contribution in [2.75, 3.05) is 7.11 Å². The molecule has 4 nitrogen and oxygen atoms in total. The molecule has 4 atom stereocenters. The number of carbonyl (C=O) groups excluding carboxylic acids is 1. The Morgan fingerprint density at radius 2 is 2.17 bits per heavy atom. The number of methoxy groups -OCH3 is 1. The first-order valence-electron chi connectivity index (χ1n) is 8.94. The summed E-state index contributed by atoms with van der Waals surface area (Å²) in [4.78, 5) is 12.4. The van der Waals surface area contributed by atoms with E-state index in [0.717, 1.165) is 31.4 Å². The highest BCUT2D eigenvalue weighted by molar-refractivity contribution is 5.89. The van der Waals surface area contributed by atoms with Crippen LogP contribution in [0.2, 0.25) is 0 Å². The van der Waals surface area contributed by atoms with Gasteiger partial charge in [0.25, 0.3) is 0 Å². The molecule has 0 spiro atoms. The van der Waals surface area contributed by atoms with Gasteiger partial charge < -0.3 is 14.6 Å². The molecule has 0 amide bonds. The van der Waals surface area contributed by atoms with Crippen molar-refractivity contribution in [1.82, 2.24) is 0 Å². The van der Waals surface area contributed by atoms with Gasteiger partial charge in [0.05, 0.1) is 18.6 Å². The van der Waals surface area contributed by atoms with E-state index in [4.69, 9.17) is 9.47 Å². The summed E-state index contributed by atoms with van der Waals surface area (Å²) in [5.41, 5.74) is 0.793. The molecule has 1 aromatic carbocycles. The molecule has 24 heavy (non-hydrogen) atoms. The van der Waals surface area contributed by atoms with Crippen LogP contribution in [0.3, 0.4) is 0 Å². The fourth-order valence-corrected chi connectivity index (χ4v) is 4.23. The molecular formula is C20H28O4. The molecule has 1 aromatic rings. The number of hydrogen-bond donors (Lipinski definition) is 1. The van der Waals surface area contributed by atoms with Gasteiger partial charge >= 0.3 is 0 Å². The van der Waals surface area contributed by atoms with Gasteiger partial charge in [-0.3, -0.25) is 4.79 Å². The van der Waals surface area contributed by atoms with Gasteiger partial charge in [-0.05, 0) is 43.4 Å². The van der Waals surface area contributed by atoms with Crippen molar-refractivity contribution in [3.8, 4) is 5.75 Å². The molecule has 4 heteroatoms. The van der Waals surface area contributed by atoms with Crippen LogP contribution < -0.4 is 4.74 Å². The number of fused-ring (bicyclic) bond motifs is 1. The number of carbonyl (C=O) groups is 1. The van der Waals surface area contributed by atoms with Crippen molar-refractivity contribution in [2.24, 2.45) is 11.3 Å². The average molecular weight is 332 g/mol. The predicted molar refractivity (Wildman–Crippen MR) is 91.9 cm³/mol. The standard InChI is InChI=1S/C20H28O4/c1-14-12-17-19(2,18(14)21)10-11-20(22,24-17)9-5-7-15-6-4-8-16(13-15)23-3/h4,6,8,13-14,17,22H,5,7,9-12H2,1-3H3/t14-,17+,19+,20-/m1/s1. The highest BCUT2D eigenvalue weighted by atomic mass is 16.6. The number of ether oxygens (including phenoxy) is 2. The quantitative estimate of drug-likeness (QED) is 0.896. The number of benzene rings is 1. The molecule has 2 aliphatic rings. The van der Waals surface area contributed by atoms with Crippen LogP contribution in [0.4, 0.5) is 0 Å². The molecule has 2 fully saturated rings. The van der Waals surface area contributed by atoms with Crippen LogP contribution in [-0.4, -0.2) is 29.9 Å². The molecule has 3 rings (SSSR count). The van der Waals surface area contributed by atoms with E-state index in [1.54, 1.807) is 7.11 Å². The lowest BCUT2D eigenvalue weighted by molar-refractivity contribution is -0.277. The molecule has 0 unspecified atom stereocenters. The second kappa shape index (κ2) is 6.49. The van der Waals surface area contributed by atoms with Crippen molar-refractivity contribution in [3.05, 3.63) is 29.8 Å². The summed E-state index contributed by atoms with van der Waals surface area (Å²) in [6.07, 6.45) is 4.16. The van der Waals surface area contributed by atoms with Crippen molar-refractivity contribution in [2.45, 2.75) is 64.3 Å². The Morgan fingerprint density at radius 1 is 1.38 bits per heavy atom. The first kappa shape index (κ1) is 17.4. The van der Waals surface area contributed by atoms with E-state index in [2.05, 4.69) is 6.07 Å². The third-order valence-electron chi connectivity index (χ3n) is 5.85. The number of Topliss-reactive ketones (excluding diaryl/α,β-unsaturated/α-hetero) is 1. The molecule has 0 radical (unpaired) electrons. The van der Waals surface area contributed by atoms with Crippen LogP contribution in [0.5, 0.6) is 5.75 Å². The number of aryl methyl sites for hydroxylation is 1. The Balaban J connectivity index is 1.57. The second-order valence-electron chi connectivity index (χ2n) is 7.68. The van der Waals surface area contributed by atoms with Crippen LogP contribution in [0.25, 0.3) is 0 Å². The number of aliphatic hydroxyl groups is 1. The Hall–Kier alpha value is -1.39. The molecule has 1 N–H and O–H groups in total. The van der Waals surface area contributed by atoms with Crippen molar-refractivity contribution in [3.63, 3.8) is 0 Å². The largest absolute Gasteiger partial charge is 0.497 e. The zero-order chi connectivity index (χ0) is 17.4. The van der Waals surface area contributed by atoms with Crippen LogP contribution in [0, 0.1) is 11.3 Å². The van der Waals surface area contributed by atoms with E-state index in [1.807, 2.05) is 32.0 Å². The number of rotatable bonds is 5. The molecule has 1 saturated carbocycles. The Bertz CT molecular complexity index is 613. The monoisotopic (exact) mass is 332 g/mol. The topological polar surface area (TPSA) is 55.8 Å². The van der Waals surface area contributed by atoms with Gasteiger partial charge in [0, 0.05) is 18.8 Å². The second-order valence-corrected chi connectivity index (χ2v) is 7.68. The fourth-order valence-electron chi connectivity index (χ4n) is 4.23. The van der Waals surface area contributed by atoms with E-state index in [0.29, 0.717) is 18.6 Å². The maximum absolute atomic E-state index is 12.4. The summed E-state index contributed by atoms with van der Waals surface area (Å²) >= 11 is 0. The summed E-state index contributed by atoms with van der Waals surface area (Å²) in [6.45, 7) is 3.97. The molecule has 0 bridgehead atoms. The molecule has 1 heterocycles. The smallest absolute Gasteiger partial charge is 0.165 e. The van der Waals surface area contributed by atoms with E-state index >= 15 is 0 Å². The van der Waals surface area contributed by atoms with Crippen LogP contribution in [0.15, 0.2) is 24.3 Å². The van der Waals surface area contributed by atoms with Crippen molar-refractivity contribution < 1.29 is 19.4 Å². The third kappa shape index (κ3) is 3.22. The van der Waals surface area contributed by atoms with E-state index in [1.165, 1.54) is 5.56 Å². The van der Waals surface area contributed by atoms with Crippen molar-refractivity contribution in [1.29, 1.82) is 0 Å². The predicted octanol–water partition coefficient (Wildman–Crippen LogP) is 3.50. The minimum atomic E-state index is -1.09. The van der Waals surface area contributed by atoms with E-state index in [-0.39, 0.29) is 12.0 Å². The van der Waals surface area contributed by atoms with Gasteiger partial charge in [-0.15, -0.1) is 0 Å². The maximum Gasteiger partial charge on any atom is 0.165 e. The molecular weight excluding hydrogens is 304 g/mol. The summed E-state index contributed by atoms with van der Waals surface area (Å²) < 4.78 is 11.3. The van der Waals surface area contributed by atoms with Crippen molar-refractivity contribution >= 4 is 5.78 Å². The number of ketones is 1. The molecule has 1 aliphatic carbocycles. The Morgan fingerprint density at radius 3 is 2.92 bits per heavy atom. The van der Waals surface area contributed by atoms with E-state index in [9.17, 15) is 9.90 Å². The summed E-state index contributed by atoms with van der Waals surface area (Å²) in [5, 5.41) is 10.8. The summed E-state index contributed by atoms with van der Waals surface area (Å²) in [6, 6.07) is 8.01. The highest BCUT2D eigenvalue weighted by Crippen LogP contribution is 2.50. The third-order valence-corrected chi connectivity index (χ3v) is 5.85. The van der Waals surface area contributed by atoms with Gasteiger partial charge in [-0.2, -0.15) is 0 Å². The highest BCUT2D eigenvalue weighted by Gasteiger charge is 2.56. The average Bonchev–Trinajstić information content (AvgIpc) is 2.78. The van der Waals surface area contributed by atoms with Gasteiger partial charge in [0.15, 0.2) is 5.79 Å². The Labute approximate surface area is 144 Å². The molecule has 1 aliphatic heterocycles. The minimum Gasteiger partial charge on any atom is -0.497 e. The lowest BCUT2D eigenvalue weighted by atomic mass is 9.76. The minimum absolute atomic E-state index is 0.0409. The van der Waals surface area contributed by atoms with Gasteiger partial charge in [0.1, 0.15) is 11.5 Å². The van der Waals surface area contributed by atoms with E-state index < -0.39 is 11.2 Å². The summed E-state index contributed by atoms with van der Waals surface area (Å²) in [7, 11) is 1.67. The summed E-state index contributed by atoms with van der Waals surface area (Å²) in [5.74, 6) is 0.104. The van der Waals surface area contributed by atoms with Gasteiger partial charge in [0.2, 0.25) is 0 Å². The zero-order valence-electron chi connectivity index (χ0n) is 14.9. The molecule has 132 valence electrons. The van der Waals surface area contributed by atoms with Crippen LogP contribution in [0.1, 0.15) is 51.5 Å². The lowest BCUT2D eigenvalue weighted by Gasteiger charge is -2.44. The molecule has 1 saturated heterocycles. The van der Waals surface area contributed by atoms with Gasteiger partial charge in [-0.1, -0.05) is 26.0 Å². The zero-order valence-corrected chi connectivity index (χ0v) is 14.9. The SMILES string of the molecule is COc1cccc(CCC[C@]2(O)CC[C@]3(C)C(=O)[C@H](C)C[C@@H]3O2)c1. The first-order valence-corrected chi connectivity index (χ1v) is 8.94.